The lowest BCUT2D eigenvalue weighted by atomic mass is 10.2. The Morgan fingerprint density at radius 3 is 3.08 bits per heavy atom. The molecule has 0 aliphatic rings. The van der Waals surface area contributed by atoms with Gasteiger partial charge in [-0.15, -0.1) is 0 Å². The third-order valence-corrected chi connectivity index (χ3v) is 1.50. The smallest absolute Gasteiger partial charge is 0.177 e. The van der Waals surface area contributed by atoms with Gasteiger partial charge in [0.15, 0.2) is 11.4 Å². The van der Waals surface area contributed by atoms with Crippen LogP contribution in [0.15, 0.2) is 33.9 Å². The summed E-state index contributed by atoms with van der Waals surface area (Å²) in [6.45, 7) is 0. The van der Waals surface area contributed by atoms with Crippen molar-refractivity contribution in [2.24, 2.45) is 5.11 Å². The van der Waals surface area contributed by atoms with Gasteiger partial charge in [-0.05, 0) is 22.8 Å². The molecule has 2 rings (SSSR count). The third-order valence-electron chi connectivity index (χ3n) is 1.50. The molecule has 0 bridgehead atoms. The van der Waals surface area contributed by atoms with E-state index in [1.807, 2.05) is 12.1 Å². The molecule has 12 heavy (non-hydrogen) atoms. The Bertz CT molecular complexity index is 455. The van der Waals surface area contributed by atoms with E-state index in [0.29, 0.717) is 5.58 Å². The van der Waals surface area contributed by atoms with Crippen LogP contribution in [0.3, 0.4) is 0 Å². The van der Waals surface area contributed by atoms with Gasteiger partial charge in [0.2, 0.25) is 0 Å². The average Bonchev–Trinajstić information content (AvgIpc) is 2.50. The molecule has 0 spiro atoms. The van der Waals surface area contributed by atoms with Crippen LogP contribution in [0.1, 0.15) is 0 Å². The third kappa shape index (κ3) is 0.889. The monoisotopic (exact) mass is 160 g/mol. The average molecular weight is 160 g/mol. The van der Waals surface area contributed by atoms with Gasteiger partial charge in [-0.3, -0.25) is 0 Å². The summed E-state index contributed by atoms with van der Waals surface area (Å²) in [6, 6.07) is 7.21. The van der Waals surface area contributed by atoms with Crippen LogP contribution in [-0.2, 0) is 0 Å². The normalized spacial score (nSPS) is 9.67. The molecule has 0 radical (unpaired) electrons. The minimum Gasteiger partial charge on any atom is -0.356 e. The number of azide groups is 1. The molecule has 2 aromatic rings. The first-order valence-corrected chi connectivity index (χ1v) is 3.31. The predicted octanol–water partition coefficient (Wildman–Crippen LogP) is 2.77. The predicted molar refractivity (Wildman–Crippen MR) is 42.8 cm³/mol. The van der Waals surface area contributed by atoms with Crippen LogP contribution in [0.25, 0.3) is 21.4 Å². The first-order valence-electron chi connectivity index (χ1n) is 3.31. The summed E-state index contributed by atoms with van der Waals surface area (Å²) < 4.78 is 4.89. The Kier molecular flexibility index (Phi) is 1.43. The highest BCUT2D eigenvalue weighted by Gasteiger charge is 2.03. The minimum atomic E-state index is 0.285. The van der Waals surface area contributed by atoms with Gasteiger partial charge in [0.05, 0.1) is 5.39 Å². The molecule has 0 aliphatic heterocycles. The lowest BCUT2D eigenvalue weighted by Gasteiger charge is -1.82. The summed E-state index contributed by atoms with van der Waals surface area (Å²) in [5, 5.41) is 7.69. The first-order chi connectivity index (χ1) is 5.92. The summed E-state index contributed by atoms with van der Waals surface area (Å²) in [4.78, 5) is 2.63. The molecule has 0 fully saturated rings. The van der Waals surface area contributed by atoms with Crippen molar-refractivity contribution in [3.8, 4) is 0 Å². The molecule has 1 aromatic carbocycles. The number of rotatable bonds is 1. The van der Waals surface area contributed by atoms with Crippen molar-refractivity contribution >= 4 is 16.8 Å². The van der Waals surface area contributed by atoms with E-state index in [1.54, 1.807) is 12.1 Å². The highest BCUT2D eigenvalue weighted by atomic mass is 16.5. The number of aromatic nitrogens is 1. The van der Waals surface area contributed by atoms with Gasteiger partial charge in [-0.1, -0.05) is 17.3 Å². The lowest BCUT2D eigenvalue weighted by molar-refractivity contribution is 0.458. The number of nitrogens with zero attached hydrogens (tertiary/aromatic N) is 4. The van der Waals surface area contributed by atoms with Crippen LogP contribution in [-0.4, -0.2) is 5.16 Å². The highest BCUT2D eigenvalue weighted by molar-refractivity contribution is 5.86. The van der Waals surface area contributed by atoms with Gasteiger partial charge >= 0.3 is 0 Å². The summed E-state index contributed by atoms with van der Waals surface area (Å²) in [6.07, 6.45) is 0. The van der Waals surface area contributed by atoms with E-state index >= 15 is 0 Å². The molecule has 0 N–H and O–H groups in total. The van der Waals surface area contributed by atoms with Crippen LogP contribution in [0, 0.1) is 0 Å². The van der Waals surface area contributed by atoms with E-state index in [4.69, 9.17) is 10.1 Å². The summed E-state index contributed by atoms with van der Waals surface area (Å²) in [7, 11) is 0. The highest BCUT2D eigenvalue weighted by Crippen LogP contribution is 2.24. The SMILES string of the molecule is [N-]=[N+]=Nc1noc2ccccc12. The van der Waals surface area contributed by atoms with Crippen LogP contribution in [0.4, 0.5) is 5.82 Å². The number of benzene rings is 1. The molecule has 0 saturated heterocycles. The largest absolute Gasteiger partial charge is 0.356 e. The van der Waals surface area contributed by atoms with Gasteiger partial charge in [-0.25, -0.2) is 0 Å². The van der Waals surface area contributed by atoms with Crippen molar-refractivity contribution in [1.29, 1.82) is 0 Å². The fraction of sp³-hybridized carbons (Fsp3) is 0. The fourth-order valence-electron chi connectivity index (χ4n) is 0.987. The summed E-state index contributed by atoms with van der Waals surface area (Å²) in [5.74, 6) is 0.285. The lowest BCUT2D eigenvalue weighted by Crippen LogP contribution is -1.61. The van der Waals surface area contributed by atoms with Crippen LogP contribution in [0.5, 0.6) is 0 Å². The standard InChI is InChI=1S/C7H4N4O/c8-11-9-7-5-3-1-2-4-6(5)12-10-7/h1-4H. The Hall–Kier alpha value is -2.00. The van der Waals surface area contributed by atoms with Gasteiger partial charge in [0.25, 0.3) is 0 Å². The molecule has 1 aromatic heterocycles. The number of para-hydroxylation sites is 1. The van der Waals surface area contributed by atoms with Crippen molar-refractivity contribution in [3.05, 3.63) is 34.7 Å². The zero-order valence-electron chi connectivity index (χ0n) is 6.01. The topological polar surface area (TPSA) is 74.8 Å². The summed E-state index contributed by atoms with van der Waals surface area (Å²) >= 11 is 0. The van der Waals surface area contributed by atoms with Crippen molar-refractivity contribution in [2.45, 2.75) is 0 Å². The molecule has 0 amide bonds. The van der Waals surface area contributed by atoms with Crippen LogP contribution < -0.4 is 0 Å². The fourth-order valence-corrected chi connectivity index (χ4v) is 0.987. The molecular formula is C7H4N4O. The summed E-state index contributed by atoms with van der Waals surface area (Å²) in [5.41, 5.74) is 8.80. The number of hydrogen-bond donors (Lipinski definition) is 0. The minimum absolute atomic E-state index is 0.285. The maximum atomic E-state index is 8.17. The molecule has 0 atom stereocenters. The van der Waals surface area contributed by atoms with Gasteiger partial charge in [0, 0.05) is 4.91 Å². The van der Waals surface area contributed by atoms with E-state index in [1.165, 1.54) is 0 Å². The second kappa shape index (κ2) is 2.56. The van der Waals surface area contributed by atoms with Crippen molar-refractivity contribution in [1.82, 2.24) is 5.16 Å². The molecule has 58 valence electrons. The second-order valence-electron chi connectivity index (χ2n) is 2.19. The van der Waals surface area contributed by atoms with E-state index in [-0.39, 0.29) is 5.82 Å². The molecular weight excluding hydrogens is 156 g/mol. The van der Waals surface area contributed by atoms with Crippen molar-refractivity contribution < 1.29 is 4.52 Å². The Balaban J connectivity index is 2.78. The maximum Gasteiger partial charge on any atom is 0.177 e. The molecule has 5 heteroatoms. The quantitative estimate of drug-likeness (QED) is 0.365. The molecule has 0 aliphatic carbocycles. The maximum absolute atomic E-state index is 8.17. The van der Waals surface area contributed by atoms with Crippen LogP contribution >= 0.6 is 0 Å². The Morgan fingerprint density at radius 2 is 2.25 bits per heavy atom. The molecule has 0 unspecified atom stereocenters. The van der Waals surface area contributed by atoms with E-state index in [2.05, 4.69) is 15.2 Å². The van der Waals surface area contributed by atoms with E-state index in [9.17, 15) is 0 Å². The van der Waals surface area contributed by atoms with Crippen molar-refractivity contribution in [2.75, 3.05) is 0 Å². The Morgan fingerprint density at radius 1 is 1.42 bits per heavy atom. The van der Waals surface area contributed by atoms with Crippen LogP contribution in [0.2, 0.25) is 0 Å². The van der Waals surface area contributed by atoms with Gasteiger partial charge < -0.3 is 4.52 Å². The second-order valence-corrected chi connectivity index (χ2v) is 2.19. The molecule has 0 saturated carbocycles. The zero-order chi connectivity index (χ0) is 8.39. The number of fused-ring (bicyclic) bond motifs is 1. The number of hydrogen-bond acceptors (Lipinski definition) is 3. The molecule has 1 heterocycles. The first kappa shape index (κ1) is 6.69. The van der Waals surface area contributed by atoms with Gasteiger partial charge in [0.1, 0.15) is 0 Å². The van der Waals surface area contributed by atoms with E-state index in [0.717, 1.165) is 5.39 Å². The van der Waals surface area contributed by atoms with Crippen molar-refractivity contribution in [3.63, 3.8) is 0 Å². The van der Waals surface area contributed by atoms with Gasteiger partial charge in [-0.2, -0.15) is 0 Å². The Labute approximate surface area is 67.2 Å². The van der Waals surface area contributed by atoms with E-state index < -0.39 is 0 Å². The zero-order valence-corrected chi connectivity index (χ0v) is 6.01. The molecule has 5 nitrogen and oxygen atoms in total.